The molecule has 0 heterocycles. The predicted molar refractivity (Wildman–Crippen MR) is 44.5 cm³/mol. The van der Waals surface area contributed by atoms with Crippen molar-refractivity contribution in [3.8, 4) is 0 Å². The minimum atomic E-state index is 0.550. The van der Waals surface area contributed by atoms with E-state index in [1.165, 1.54) is 0 Å². The molecule has 0 aromatic rings. The van der Waals surface area contributed by atoms with Crippen LogP contribution in [0.3, 0.4) is 0 Å². The highest BCUT2D eigenvalue weighted by Crippen LogP contribution is 1.97. The van der Waals surface area contributed by atoms with Crippen LogP contribution in [0.2, 0.25) is 0 Å². The molecule has 0 aliphatic heterocycles. The minimum Gasteiger partial charge on any atom is -0.375 e. The fraction of sp³-hybridized carbons (Fsp3) is 0.625. The van der Waals surface area contributed by atoms with Crippen LogP contribution in [0, 0.1) is 0 Å². The molecule has 0 atom stereocenters. The van der Waals surface area contributed by atoms with Crippen molar-refractivity contribution in [2.75, 3.05) is 19.1 Å². The van der Waals surface area contributed by atoms with Gasteiger partial charge < -0.3 is 4.74 Å². The van der Waals surface area contributed by atoms with Crippen molar-refractivity contribution in [3.63, 3.8) is 0 Å². The van der Waals surface area contributed by atoms with Gasteiger partial charge in [-0.3, -0.25) is 0 Å². The lowest BCUT2D eigenvalue weighted by Crippen LogP contribution is -1.99. The Hall–Kier alpha value is -0.230. The van der Waals surface area contributed by atoms with E-state index in [9.17, 15) is 0 Å². The summed E-state index contributed by atoms with van der Waals surface area (Å²) in [6.45, 7) is 6.81. The number of halogens is 1. The third kappa shape index (κ3) is 4.63. The number of alkyl halides is 1. The van der Waals surface area contributed by atoms with Crippen LogP contribution in [0.4, 0.5) is 0 Å². The summed E-state index contributed by atoms with van der Waals surface area (Å²) in [6, 6.07) is 0. The summed E-state index contributed by atoms with van der Waals surface area (Å²) in [5.41, 5.74) is 3.91. The smallest absolute Gasteiger partial charge is 0.0751 e. The van der Waals surface area contributed by atoms with E-state index in [1.54, 1.807) is 0 Å². The molecule has 0 aromatic carbocycles. The molecule has 0 N–H and O–H groups in total. The molecular weight excluding hydrogens is 148 g/mol. The van der Waals surface area contributed by atoms with Gasteiger partial charge in [-0.2, -0.15) is 0 Å². The molecule has 0 fully saturated rings. The highest BCUT2D eigenvalue weighted by atomic mass is 35.5. The molecule has 0 amide bonds. The van der Waals surface area contributed by atoms with Gasteiger partial charge in [0.05, 0.1) is 13.2 Å². The van der Waals surface area contributed by atoms with Gasteiger partial charge in [0.2, 0.25) is 0 Å². The lowest BCUT2D eigenvalue weighted by atomic mass is 10.2. The van der Waals surface area contributed by atoms with E-state index < -0.39 is 0 Å². The Morgan fingerprint density at radius 1 is 1.70 bits per heavy atom. The number of ether oxygens (including phenoxy) is 1. The monoisotopic (exact) mass is 160 g/mol. The fourth-order valence-electron chi connectivity index (χ4n) is 0.528. The zero-order valence-corrected chi connectivity index (χ0v) is 7.08. The van der Waals surface area contributed by atoms with Crippen molar-refractivity contribution >= 4 is 11.6 Å². The fourth-order valence-corrected chi connectivity index (χ4v) is 0.637. The first-order valence-electron chi connectivity index (χ1n) is 3.36. The normalized spacial score (nSPS) is 9.00. The Morgan fingerprint density at radius 3 is 2.80 bits per heavy atom. The standard InChI is InChI=1S/C8H13ClO/c1-3-8(4-2)7-10-6-5-9/h1,4-7H2,2H3. The number of rotatable bonds is 5. The van der Waals surface area contributed by atoms with E-state index in [0.29, 0.717) is 19.1 Å². The number of hydrogen-bond donors (Lipinski definition) is 0. The molecule has 0 aliphatic carbocycles. The van der Waals surface area contributed by atoms with Crippen molar-refractivity contribution in [1.82, 2.24) is 0 Å². The molecule has 0 spiro atoms. The minimum absolute atomic E-state index is 0.550. The zero-order chi connectivity index (χ0) is 7.82. The Bertz CT molecular complexity index is 125. The molecule has 2 heteroatoms. The Kier molecular flexibility index (Phi) is 6.73. The molecule has 0 rings (SSSR count). The first-order valence-corrected chi connectivity index (χ1v) is 3.90. The van der Waals surface area contributed by atoms with E-state index in [-0.39, 0.29) is 0 Å². The molecule has 1 nitrogen and oxygen atoms in total. The molecule has 0 unspecified atom stereocenters. The highest BCUT2D eigenvalue weighted by molar-refractivity contribution is 6.17. The summed E-state index contributed by atoms with van der Waals surface area (Å²) in [5, 5.41) is 0. The van der Waals surface area contributed by atoms with E-state index >= 15 is 0 Å². The van der Waals surface area contributed by atoms with Gasteiger partial charge in [-0.1, -0.05) is 13.5 Å². The quantitative estimate of drug-likeness (QED) is 0.341. The van der Waals surface area contributed by atoms with Crippen LogP contribution < -0.4 is 0 Å². The first kappa shape index (κ1) is 9.77. The Labute approximate surface area is 67.3 Å². The van der Waals surface area contributed by atoms with E-state index in [2.05, 4.69) is 19.2 Å². The molecule has 0 aliphatic rings. The van der Waals surface area contributed by atoms with E-state index in [4.69, 9.17) is 16.3 Å². The maximum atomic E-state index is 5.40. The van der Waals surface area contributed by atoms with Gasteiger partial charge >= 0.3 is 0 Å². The van der Waals surface area contributed by atoms with Crippen LogP contribution in [0.1, 0.15) is 13.3 Å². The number of hydrogen-bond acceptors (Lipinski definition) is 1. The van der Waals surface area contributed by atoms with Gasteiger partial charge in [-0.15, -0.1) is 17.3 Å². The maximum Gasteiger partial charge on any atom is 0.0751 e. The maximum absolute atomic E-state index is 5.40. The van der Waals surface area contributed by atoms with Crippen LogP contribution in [0.5, 0.6) is 0 Å². The predicted octanol–water partition coefficient (Wildman–Crippen LogP) is 2.36. The molecule has 58 valence electrons. The van der Waals surface area contributed by atoms with Gasteiger partial charge in [0.1, 0.15) is 0 Å². The molecule has 10 heavy (non-hydrogen) atoms. The van der Waals surface area contributed by atoms with Crippen LogP contribution in [0.15, 0.2) is 17.9 Å². The second-order valence-corrected chi connectivity index (χ2v) is 2.25. The summed E-state index contributed by atoms with van der Waals surface area (Å²) in [6.07, 6.45) is 0.950. The highest BCUT2D eigenvalue weighted by Gasteiger charge is 1.90. The van der Waals surface area contributed by atoms with Crippen LogP contribution in [0.25, 0.3) is 0 Å². The molecule has 0 radical (unpaired) electrons. The largest absolute Gasteiger partial charge is 0.375 e. The second kappa shape index (κ2) is 6.88. The average Bonchev–Trinajstić information content (AvgIpc) is 1.99. The third-order valence-corrected chi connectivity index (χ3v) is 1.33. The van der Waals surface area contributed by atoms with Gasteiger partial charge in [0, 0.05) is 5.88 Å². The van der Waals surface area contributed by atoms with Gasteiger partial charge in [-0.25, -0.2) is 0 Å². The lowest BCUT2D eigenvalue weighted by molar-refractivity contribution is 0.171. The van der Waals surface area contributed by atoms with Crippen molar-refractivity contribution < 1.29 is 4.74 Å². The SMILES string of the molecule is C=C=C(CC)COCCCl. The van der Waals surface area contributed by atoms with Gasteiger partial charge in [0.15, 0.2) is 0 Å². The second-order valence-electron chi connectivity index (χ2n) is 1.88. The molecule has 0 aromatic heterocycles. The summed E-state index contributed by atoms with van der Waals surface area (Å²) in [4.78, 5) is 0. The van der Waals surface area contributed by atoms with Crippen molar-refractivity contribution in [2.45, 2.75) is 13.3 Å². The van der Waals surface area contributed by atoms with E-state index in [0.717, 1.165) is 12.0 Å². The summed E-state index contributed by atoms with van der Waals surface area (Å²) >= 11 is 5.40. The zero-order valence-electron chi connectivity index (χ0n) is 6.32. The first-order chi connectivity index (χ1) is 4.85. The summed E-state index contributed by atoms with van der Waals surface area (Å²) in [5.74, 6) is 0.550. The lowest BCUT2D eigenvalue weighted by Gasteiger charge is -2.00. The van der Waals surface area contributed by atoms with E-state index in [1.807, 2.05) is 0 Å². The van der Waals surface area contributed by atoms with Gasteiger partial charge in [-0.05, 0) is 12.0 Å². The topological polar surface area (TPSA) is 9.23 Å². The van der Waals surface area contributed by atoms with Crippen LogP contribution in [-0.4, -0.2) is 19.1 Å². The average molecular weight is 161 g/mol. The molecule has 0 saturated carbocycles. The van der Waals surface area contributed by atoms with Crippen molar-refractivity contribution in [1.29, 1.82) is 0 Å². The van der Waals surface area contributed by atoms with Crippen molar-refractivity contribution in [2.24, 2.45) is 0 Å². The molecule has 0 saturated heterocycles. The molecule has 0 bridgehead atoms. The summed E-state index contributed by atoms with van der Waals surface area (Å²) in [7, 11) is 0. The molecular formula is C8H13ClO. The Morgan fingerprint density at radius 2 is 2.40 bits per heavy atom. The summed E-state index contributed by atoms with van der Waals surface area (Å²) < 4.78 is 5.16. The third-order valence-electron chi connectivity index (χ3n) is 1.17. The van der Waals surface area contributed by atoms with Crippen molar-refractivity contribution in [3.05, 3.63) is 17.9 Å². The van der Waals surface area contributed by atoms with Crippen LogP contribution >= 0.6 is 11.6 Å². The van der Waals surface area contributed by atoms with Crippen LogP contribution in [-0.2, 0) is 4.74 Å². The Balaban J connectivity index is 3.37. The van der Waals surface area contributed by atoms with Gasteiger partial charge in [0.25, 0.3) is 0 Å².